The SMILES string of the molecule is O=C1C(=O)N2C(c3cc(C(F)(F)F)cc(C(F)(F)F)c3)=C(c3ccccc3)C(c3cc(C(F)(F)F)cc(C(F)(F)F)c3)=C(c3ccccc3)c3cccc1c32. The Morgan fingerprint density at radius 1 is 0.382 bits per heavy atom. The van der Waals surface area contributed by atoms with Gasteiger partial charge in [0.25, 0.3) is 5.78 Å². The Kier molecular flexibility index (Phi) is 8.62. The highest BCUT2D eigenvalue weighted by molar-refractivity contribution is 6.56. The lowest BCUT2D eigenvalue weighted by atomic mass is 9.81. The van der Waals surface area contributed by atoms with Gasteiger partial charge in [0.15, 0.2) is 0 Å². The average Bonchev–Trinajstić information content (AvgIpc) is 3.28. The molecule has 2 heterocycles. The van der Waals surface area contributed by atoms with Gasteiger partial charge in [-0.05, 0) is 64.7 Å². The summed E-state index contributed by atoms with van der Waals surface area (Å²) in [6, 6.07) is 18.6. The smallest absolute Gasteiger partial charge is 0.283 e. The van der Waals surface area contributed by atoms with Gasteiger partial charge in [-0.2, -0.15) is 52.7 Å². The van der Waals surface area contributed by atoms with Gasteiger partial charge in [0.1, 0.15) is 0 Å². The molecular formula is C40H19F12NO2. The number of benzene rings is 5. The summed E-state index contributed by atoms with van der Waals surface area (Å²) < 4.78 is 173. The van der Waals surface area contributed by atoms with Crippen LogP contribution in [-0.4, -0.2) is 11.7 Å². The van der Waals surface area contributed by atoms with Crippen LogP contribution in [0.15, 0.2) is 115 Å². The highest BCUT2D eigenvalue weighted by Crippen LogP contribution is 2.55. The monoisotopic (exact) mass is 773 g/mol. The first-order chi connectivity index (χ1) is 25.7. The number of carbonyl (C=O) groups excluding carboxylic acids is 2. The molecule has 2 aliphatic heterocycles. The number of ketones is 1. The Morgan fingerprint density at radius 3 is 1.22 bits per heavy atom. The van der Waals surface area contributed by atoms with Crippen molar-refractivity contribution >= 4 is 39.8 Å². The summed E-state index contributed by atoms with van der Waals surface area (Å²) in [4.78, 5) is 28.3. The third-order valence-electron chi connectivity index (χ3n) is 8.99. The van der Waals surface area contributed by atoms with Crippen molar-refractivity contribution in [1.82, 2.24) is 0 Å². The Labute approximate surface area is 302 Å². The second-order valence-electron chi connectivity index (χ2n) is 12.5. The number of amides is 1. The number of allylic oxidation sites excluding steroid dienone is 2. The van der Waals surface area contributed by atoms with Gasteiger partial charge in [-0.25, -0.2) is 0 Å². The van der Waals surface area contributed by atoms with Crippen molar-refractivity contribution in [2.24, 2.45) is 0 Å². The zero-order chi connectivity index (χ0) is 39.8. The number of carbonyl (C=O) groups is 2. The maximum atomic E-state index is 14.4. The normalized spacial score (nSPS) is 15.2. The van der Waals surface area contributed by atoms with Gasteiger partial charge in [-0.3, -0.25) is 14.5 Å². The van der Waals surface area contributed by atoms with Crippen LogP contribution in [0.3, 0.4) is 0 Å². The van der Waals surface area contributed by atoms with Crippen LogP contribution < -0.4 is 4.90 Å². The number of hydrogen-bond acceptors (Lipinski definition) is 2. The van der Waals surface area contributed by atoms with Crippen LogP contribution in [0, 0.1) is 0 Å². The van der Waals surface area contributed by atoms with E-state index in [2.05, 4.69) is 0 Å². The third-order valence-corrected chi connectivity index (χ3v) is 8.99. The number of nitrogens with zero attached hydrogens (tertiary/aromatic N) is 1. The molecule has 0 bridgehead atoms. The molecule has 0 unspecified atom stereocenters. The Hall–Kier alpha value is -6.12. The van der Waals surface area contributed by atoms with Crippen LogP contribution >= 0.6 is 0 Å². The van der Waals surface area contributed by atoms with E-state index in [9.17, 15) is 62.3 Å². The summed E-state index contributed by atoms with van der Waals surface area (Å²) in [7, 11) is 0. The van der Waals surface area contributed by atoms with E-state index in [4.69, 9.17) is 0 Å². The molecule has 5 aromatic carbocycles. The first kappa shape index (κ1) is 37.2. The summed E-state index contributed by atoms with van der Waals surface area (Å²) in [6.07, 6.45) is -21.6. The van der Waals surface area contributed by atoms with E-state index >= 15 is 0 Å². The zero-order valence-corrected chi connectivity index (χ0v) is 27.3. The van der Waals surface area contributed by atoms with Crippen LogP contribution in [0.2, 0.25) is 0 Å². The third kappa shape index (κ3) is 6.57. The van der Waals surface area contributed by atoms with Crippen LogP contribution in [-0.2, 0) is 29.5 Å². The molecular weight excluding hydrogens is 754 g/mol. The highest BCUT2D eigenvalue weighted by atomic mass is 19.4. The molecule has 55 heavy (non-hydrogen) atoms. The van der Waals surface area contributed by atoms with Gasteiger partial charge in [-0.15, -0.1) is 0 Å². The predicted octanol–water partition coefficient (Wildman–Crippen LogP) is 11.8. The van der Waals surface area contributed by atoms with Gasteiger partial charge in [0.05, 0.1) is 39.2 Å². The topological polar surface area (TPSA) is 37.4 Å². The lowest BCUT2D eigenvalue weighted by Crippen LogP contribution is -2.29. The maximum absolute atomic E-state index is 14.4. The summed E-state index contributed by atoms with van der Waals surface area (Å²) in [5, 5.41) is 0. The maximum Gasteiger partial charge on any atom is 0.416 e. The molecule has 0 radical (unpaired) electrons. The second-order valence-corrected chi connectivity index (χ2v) is 12.5. The zero-order valence-electron chi connectivity index (χ0n) is 27.3. The summed E-state index contributed by atoms with van der Waals surface area (Å²) >= 11 is 0. The van der Waals surface area contributed by atoms with Crippen molar-refractivity contribution in [2.75, 3.05) is 4.90 Å². The minimum absolute atomic E-state index is 0.0957. The van der Waals surface area contributed by atoms with Crippen LogP contribution in [0.5, 0.6) is 0 Å². The van der Waals surface area contributed by atoms with Crippen molar-refractivity contribution in [3.63, 3.8) is 0 Å². The summed E-state index contributed by atoms with van der Waals surface area (Å²) in [5.41, 5.74) is -12.1. The summed E-state index contributed by atoms with van der Waals surface area (Å²) in [5.74, 6) is -2.68. The van der Waals surface area contributed by atoms with Gasteiger partial charge < -0.3 is 0 Å². The standard InChI is InChI=1S/C40H19F12NO2/c41-37(42,43)24-14-22(15-25(18-24)38(44,45)46)31-30(20-8-3-1-4-9-20)28-12-7-13-29-34(28)53(36(55)35(29)54)33(32(31)21-10-5-2-6-11-21)23-16-26(39(47,48)49)19-27(17-23)40(50,51)52/h1-19H. The van der Waals surface area contributed by atoms with Gasteiger partial charge >= 0.3 is 30.6 Å². The quantitative estimate of drug-likeness (QED) is 0.135. The Balaban J connectivity index is 1.81. The number of halogens is 12. The minimum atomic E-state index is -5.43. The molecule has 0 fully saturated rings. The molecule has 3 nitrogen and oxygen atoms in total. The molecule has 7 rings (SSSR count). The molecule has 5 aromatic rings. The number of rotatable bonds is 4. The average molecular weight is 774 g/mol. The lowest BCUT2D eigenvalue weighted by Gasteiger charge is -2.27. The lowest BCUT2D eigenvalue weighted by molar-refractivity contribution is -0.144. The van der Waals surface area contributed by atoms with Crippen molar-refractivity contribution in [2.45, 2.75) is 24.7 Å². The molecule has 15 heteroatoms. The Bertz CT molecular complexity index is 2390. The van der Waals surface area contributed by atoms with Crippen molar-refractivity contribution < 1.29 is 62.3 Å². The van der Waals surface area contributed by atoms with Crippen molar-refractivity contribution in [1.29, 1.82) is 0 Å². The number of alkyl halides is 12. The molecule has 0 aliphatic carbocycles. The first-order valence-corrected chi connectivity index (χ1v) is 15.9. The second kappa shape index (κ2) is 12.7. The molecule has 0 N–H and O–H groups in total. The molecule has 2 aliphatic rings. The van der Waals surface area contributed by atoms with Crippen LogP contribution in [0.25, 0.3) is 22.4 Å². The van der Waals surface area contributed by atoms with Crippen molar-refractivity contribution in [3.8, 4) is 0 Å². The predicted molar refractivity (Wildman–Crippen MR) is 177 cm³/mol. The molecule has 0 aromatic heterocycles. The fourth-order valence-electron chi connectivity index (χ4n) is 6.73. The van der Waals surface area contributed by atoms with E-state index in [1.165, 1.54) is 72.8 Å². The molecule has 0 saturated carbocycles. The van der Waals surface area contributed by atoms with E-state index in [1.807, 2.05) is 0 Å². The van der Waals surface area contributed by atoms with E-state index in [0.717, 1.165) is 6.07 Å². The minimum Gasteiger partial charge on any atom is -0.283 e. The molecule has 0 atom stereocenters. The van der Waals surface area contributed by atoms with Crippen molar-refractivity contribution in [3.05, 3.63) is 171 Å². The first-order valence-electron chi connectivity index (χ1n) is 15.9. The number of para-hydroxylation sites is 1. The number of anilines is 1. The van der Waals surface area contributed by atoms with Gasteiger partial charge in [0, 0.05) is 22.3 Å². The fraction of sp³-hybridized carbons (Fsp3) is 0.100. The van der Waals surface area contributed by atoms with E-state index in [0.29, 0.717) is 17.0 Å². The van der Waals surface area contributed by atoms with E-state index in [-0.39, 0.29) is 57.8 Å². The molecule has 0 saturated heterocycles. The Morgan fingerprint density at radius 2 is 0.782 bits per heavy atom. The largest absolute Gasteiger partial charge is 0.416 e. The van der Waals surface area contributed by atoms with Gasteiger partial charge in [0.2, 0.25) is 0 Å². The van der Waals surface area contributed by atoms with Gasteiger partial charge in [-0.1, -0.05) is 72.8 Å². The van der Waals surface area contributed by atoms with E-state index < -0.39 is 86.6 Å². The van der Waals surface area contributed by atoms with Crippen LogP contribution in [0.1, 0.15) is 60.4 Å². The molecule has 1 amide bonds. The molecule has 0 spiro atoms. The number of hydrogen-bond donors (Lipinski definition) is 0. The summed E-state index contributed by atoms with van der Waals surface area (Å²) in [6.45, 7) is 0. The highest BCUT2D eigenvalue weighted by Gasteiger charge is 2.47. The fourth-order valence-corrected chi connectivity index (χ4v) is 6.73. The number of Topliss-reactive ketones (excluding diaryl/α,β-unsaturated/α-hetero) is 1. The molecule has 280 valence electrons. The van der Waals surface area contributed by atoms with Crippen LogP contribution in [0.4, 0.5) is 58.4 Å². The van der Waals surface area contributed by atoms with E-state index in [1.54, 1.807) is 0 Å².